The van der Waals surface area contributed by atoms with Gasteiger partial charge in [0.1, 0.15) is 11.5 Å². The van der Waals surface area contributed by atoms with E-state index in [-0.39, 0.29) is 0 Å². The molecule has 3 aromatic rings. The number of anilines is 1. The maximum absolute atomic E-state index is 4.62. The molecule has 0 aliphatic carbocycles. The summed E-state index contributed by atoms with van der Waals surface area (Å²) in [7, 11) is 0. The molecule has 0 saturated heterocycles. The van der Waals surface area contributed by atoms with Crippen LogP contribution in [0.25, 0.3) is 5.65 Å². The van der Waals surface area contributed by atoms with Gasteiger partial charge in [0.05, 0.1) is 12.2 Å². The van der Waals surface area contributed by atoms with Crippen LogP contribution < -0.4 is 5.32 Å². The largest absolute Gasteiger partial charge is 0.364 e. The molecule has 3 aromatic heterocycles. The first-order valence-corrected chi connectivity index (χ1v) is 6.33. The highest BCUT2D eigenvalue weighted by atomic mass is 15.0. The van der Waals surface area contributed by atoms with Gasteiger partial charge in [-0.3, -0.25) is 0 Å². The average Bonchev–Trinajstić information content (AvgIpc) is 2.81. The second kappa shape index (κ2) is 4.72. The molecule has 0 spiro atoms. The van der Waals surface area contributed by atoms with Gasteiger partial charge < -0.3 is 9.72 Å². The Morgan fingerprint density at radius 2 is 2.00 bits per heavy atom. The van der Waals surface area contributed by atoms with E-state index in [0.29, 0.717) is 6.54 Å². The van der Waals surface area contributed by atoms with E-state index in [4.69, 9.17) is 0 Å². The predicted octanol–water partition coefficient (Wildman–Crippen LogP) is 2.96. The van der Waals surface area contributed by atoms with Crippen LogP contribution in [0.3, 0.4) is 0 Å². The Kier molecular flexibility index (Phi) is 2.91. The van der Waals surface area contributed by atoms with E-state index in [1.54, 1.807) is 0 Å². The molecule has 0 atom stereocenters. The summed E-state index contributed by atoms with van der Waals surface area (Å²) >= 11 is 0. The zero-order chi connectivity index (χ0) is 13.2. The summed E-state index contributed by atoms with van der Waals surface area (Å²) in [5.41, 5.74) is 4.22. The number of imidazole rings is 1. The molecular weight excluding hydrogens is 236 g/mol. The van der Waals surface area contributed by atoms with Gasteiger partial charge in [0.15, 0.2) is 0 Å². The van der Waals surface area contributed by atoms with E-state index in [1.807, 2.05) is 43.6 Å². The summed E-state index contributed by atoms with van der Waals surface area (Å²) in [6, 6.07) is 10.1. The van der Waals surface area contributed by atoms with Crippen LogP contribution >= 0.6 is 0 Å². The number of nitrogens with zero attached hydrogens (tertiary/aromatic N) is 3. The van der Waals surface area contributed by atoms with E-state index < -0.39 is 0 Å². The highest BCUT2D eigenvalue weighted by Crippen LogP contribution is 2.11. The van der Waals surface area contributed by atoms with Crippen molar-refractivity contribution >= 4 is 11.5 Å². The van der Waals surface area contributed by atoms with Gasteiger partial charge in [-0.2, -0.15) is 0 Å². The number of nitrogens with one attached hydrogen (secondary N) is 1. The van der Waals surface area contributed by atoms with Gasteiger partial charge in [0, 0.05) is 18.1 Å². The van der Waals surface area contributed by atoms with Crippen LogP contribution in [0.2, 0.25) is 0 Å². The second-order valence-electron chi connectivity index (χ2n) is 4.67. The Morgan fingerprint density at radius 1 is 1.11 bits per heavy atom. The van der Waals surface area contributed by atoms with Crippen LogP contribution in [0.1, 0.15) is 17.0 Å². The molecule has 3 rings (SSSR count). The summed E-state index contributed by atoms with van der Waals surface area (Å²) in [6.45, 7) is 4.73. The molecule has 0 aromatic carbocycles. The van der Waals surface area contributed by atoms with Crippen molar-refractivity contribution in [2.75, 3.05) is 5.32 Å². The number of aromatic nitrogens is 3. The van der Waals surface area contributed by atoms with Crippen LogP contribution in [0, 0.1) is 13.8 Å². The van der Waals surface area contributed by atoms with Crippen molar-refractivity contribution in [3.05, 3.63) is 59.7 Å². The Morgan fingerprint density at radius 3 is 2.79 bits per heavy atom. The molecule has 0 saturated carbocycles. The number of pyridine rings is 2. The van der Waals surface area contributed by atoms with Gasteiger partial charge in [0.2, 0.25) is 0 Å². The van der Waals surface area contributed by atoms with E-state index in [9.17, 15) is 0 Å². The lowest BCUT2D eigenvalue weighted by Gasteiger charge is -2.03. The fourth-order valence-corrected chi connectivity index (χ4v) is 2.11. The molecule has 0 aliphatic rings. The lowest BCUT2D eigenvalue weighted by atomic mass is 10.3. The molecule has 1 N–H and O–H groups in total. The zero-order valence-corrected chi connectivity index (χ0v) is 11.1. The molecule has 0 amide bonds. The minimum absolute atomic E-state index is 0.678. The van der Waals surface area contributed by atoms with Gasteiger partial charge in [-0.1, -0.05) is 12.1 Å². The molecule has 4 nitrogen and oxygen atoms in total. The lowest BCUT2D eigenvalue weighted by molar-refractivity contribution is 1.05. The van der Waals surface area contributed by atoms with Crippen LogP contribution in [0.5, 0.6) is 0 Å². The maximum atomic E-state index is 4.62. The summed E-state index contributed by atoms with van der Waals surface area (Å²) in [4.78, 5) is 9.04. The molecule has 0 aliphatic heterocycles. The number of hydrogen-bond acceptors (Lipinski definition) is 3. The third kappa shape index (κ3) is 2.42. The van der Waals surface area contributed by atoms with Gasteiger partial charge in [0.25, 0.3) is 0 Å². The molecule has 0 bridgehead atoms. The smallest absolute Gasteiger partial charge is 0.140 e. The molecule has 3 heterocycles. The molecular formula is C15H16N4. The summed E-state index contributed by atoms with van der Waals surface area (Å²) in [6.07, 6.45) is 4.06. The fourth-order valence-electron chi connectivity index (χ4n) is 2.11. The first-order valence-electron chi connectivity index (χ1n) is 6.33. The molecule has 96 valence electrons. The third-order valence-corrected chi connectivity index (χ3v) is 3.07. The zero-order valence-electron chi connectivity index (χ0n) is 11.1. The average molecular weight is 252 g/mol. The molecule has 0 unspecified atom stereocenters. The van der Waals surface area contributed by atoms with Gasteiger partial charge in [-0.15, -0.1) is 0 Å². The fraction of sp³-hybridized carbons (Fsp3) is 0.200. The van der Waals surface area contributed by atoms with Crippen LogP contribution in [0.15, 0.2) is 42.7 Å². The minimum atomic E-state index is 0.678. The quantitative estimate of drug-likeness (QED) is 0.779. The van der Waals surface area contributed by atoms with Crippen molar-refractivity contribution in [3.63, 3.8) is 0 Å². The first kappa shape index (κ1) is 11.7. The highest BCUT2D eigenvalue weighted by Gasteiger charge is 2.03. The predicted molar refractivity (Wildman–Crippen MR) is 76.2 cm³/mol. The third-order valence-electron chi connectivity index (χ3n) is 3.07. The molecule has 0 fully saturated rings. The normalized spacial score (nSPS) is 10.8. The molecule has 0 radical (unpaired) electrons. The van der Waals surface area contributed by atoms with E-state index in [0.717, 1.165) is 22.9 Å². The Hall–Kier alpha value is -2.36. The maximum Gasteiger partial charge on any atom is 0.140 e. The topological polar surface area (TPSA) is 42.2 Å². The van der Waals surface area contributed by atoms with E-state index in [1.165, 1.54) is 5.56 Å². The van der Waals surface area contributed by atoms with Crippen molar-refractivity contribution in [3.8, 4) is 0 Å². The van der Waals surface area contributed by atoms with Crippen molar-refractivity contribution in [2.24, 2.45) is 0 Å². The Labute approximate surface area is 112 Å². The van der Waals surface area contributed by atoms with Crippen LogP contribution in [-0.2, 0) is 6.54 Å². The van der Waals surface area contributed by atoms with Crippen molar-refractivity contribution in [1.29, 1.82) is 0 Å². The van der Waals surface area contributed by atoms with E-state index in [2.05, 4.69) is 32.7 Å². The SMILES string of the molecule is Cc1cccc(NCc2cn3cccc(C)c3n2)n1. The minimum Gasteiger partial charge on any atom is -0.364 e. The van der Waals surface area contributed by atoms with Crippen LogP contribution in [-0.4, -0.2) is 14.4 Å². The molecule has 4 heteroatoms. The molecule has 19 heavy (non-hydrogen) atoms. The highest BCUT2D eigenvalue weighted by molar-refractivity contribution is 5.48. The number of fused-ring (bicyclic) bond motifs is 1. The van der Waals surface area contributed by atoms with Crippen LogP contribution in [0.4, 0.5) is 5.82 Å². The van der Waals surface area contributed by atoms with Gasteiger partial charge in [-0.25, -0.2) is 9.97 Å². The number of rotatable bonds is 3. The summed E-state index contributed by atoms with van der Waals surface area (Å²) < 4.78 is 2.05. The number of aryl methyl sites for hydroxylation is 2. The second-order valence-corrected chi connectivity index (χ2v) is 4.67. The standard InChI is InChI=1S/C15H16N4/c1-11-5-4-8-19-10-13(18-15(11)19)9-16-14-7-3-6-12(2)17-14/h3-8,10H,9H2,1-2H3,(H,16,17). The summed E-state index contributed by atoms with van der Waals surface area (Å²) in [5, 5.41) is 3.30. The summed E-state index contributed by atoms with van der Waals surface area (Å²) in [5.74, 6) is 0.883. The lowest BCUT2D eigenvalue weighted by Crippen LogP contribution is -2.01. The van der Waals surface area contributed by atoms with Crippen molar-refractivity contribution in [1.82, 2.24) is 14.4 Å². The number of hydrogen-bond donors (Lipinski definition) is 1. The Balaban J connectivity index is 1.80. The Bertz CT molecular complexity index is 715. The monoisotopic (exact) mass is 252 g/mol. The van der Waals surface area contributed by atoms with Crippen molar-refractivity contribution < 1.29 is 0 Å². The van der Waals surface area contributed by atoms with Gasteiger partial charge >= 0.3 is 0 Å². The van der Waals surface area contributed by atoms with Crippen molar-refractivity contribution in [2.45, 2.75) is 20.4 Å². The van der Waals surface area contributed by atoms with Gasteiger partial charge in [-0.05, 0) is 37.6 Å². The van der Waals surface area contributed by atoms with E-state index >= 15 is 0 Å². The first-order chi connectivity index (χ1) is 9.22.